The number of esters is 1. The largest absolute Gasteiger partial charge is 0.490 e. The summed E-state index contributed by atoms with van der Waals surface area (Å²) < 4.78 is 17.4. The lowest BCUT2D eigenvalue weighted by Crippen LogP contribution is -2.40. The lowest BCUT2D eigenvalue weighted by atomic mass is 9.94. The van der Waals surface area contributed by atoms with Crippen molar-refractivity contribution in [3.8, 4) is 11.5 Å². The van der Waals surface area contributed by atoms with E-state index in [0.717, 1.165) is 57.7 Å². The zero-order valence-electron chi connectivity index (χ0n) is 22.7. The fraction of sp³-hybridized carbons (Fsp3) is 0.433. The molecule has 1 aliphatic carbocycles. The zero-order chi connectivity index (χ0) is 27.8. The van der Waals surface area contributed by atoms with Gasteiger partial charge in [0.2, 0.25) is 0 Å². The summed E-state index contributed by atoms with van der Waals surface area (Å²) in [5.41, 5.74) is 2.89. The van der Waals surface area contributed by atoms with Gasteiger partial charge in [0.05, 0.1) is 27.4 Å². The van der Waals surface area contributed by atoms with Crippen molar-refractivity contribution in [3.63, 3.8) is 0 Å². The van der Waals surface area contributed by atoms with Crippen LogP contribution in [-0.4, -0.2) is 47.8 Å². The van der Waals surface area contributed by atoms with Crippen LogP contribution >= 0.6 is 34.4 Å². The van der Waals surface area contributed by atoms with Gasteiger partial charge in [-0.05, 0) is 103 Å². The molecule has 2 fully saturated rings. The van der Waals surface area contributed by atoms with Crippen molar-refractivity contribution in [3.05, 3.63) is 56.0 Å². The molecule has 1 saturated heterocycles. The number of benzene rings is 2. The van der Waals surface area contributed by atoms with E-state index in [9.17, 15) is 9.59 Å². The van der Waals surface area contributed by atoms with Gasteiger partial charge in [-0.2, -0.15) is 0 Å². The summed E-state index contributed by atoms with van der Waals surface area (Å²) in [7, 11) is 0. The second kappa shape index (κ2) is 14.2. The maximum Gasteiger partial charge on any atom is 0.344 e. The minimum atomic E-state index is -0.436. The van der Waals surface area contributed by atoms with Crippen LogP contribution in [0.25, 0.3) is 6.08 Å². The Hall–Kier alpha value is -2.53. The average molecular weight is 663 g/mol. The molecular formula is C30H35IN2O5S. The van der Waals surface area contributed by atoms with E-state index in [0.29, 0.717) is 29.6 Å². The Morgan fingerprint density at radius 2 is 1.87 bits per heavy atom. The predicted molar refractivity (Wildman–Crippen MR) is 165 cm³/mol. The first-order chi connectivity index (χ1) is 18.9. The summed E-state index contributed by atoms with van der Waals surface area (Å²) >= 11 is 3.60. The van der Waals surface area contributed by atoms with Gasteiger partial charge in [-0.15, -0.1) is 0 Å². The summed E-state index contributed by atoms with van der Waals surface area (Å²) in [6.45, 7) is 6.29. The molecule has 0 radical (unpaired) electrons. The van der Waals surface area contributed by atoms with Crippen molar-refractivity contribution in [1.29, 1.82) is 0 Å². The molecule has 4 rings (SSSR count). The number of ether oxygens (including phenoxy) is 3. The van der Waals surface area contributed by atoms with Crippen LogP contribution in [-0.2, 0) is 20.7 Å². The first-order valence-electron chi connectivity index (χ1n) is 13.6. The van der Waals surface area contributed by atoms with E-state index in [-0.39, 0.29) is 18.6 Å². The number of amidine groups is 1. The van der Waals surface area contributed by atoms with E-state index >= 15 is 0 Å². The molecule has 208 valence electrons. The highest BCUT2D eigenvalue weighted by atomic mass is 127. The number of thioether (sulfide) groups is 1. The van der Waals surface area contributed by atoms with Crippen molar-refractivity contribution in [1.82, 2.24) is 4.90 Å². The highest BCUT2D eigenvalue weighted by Crippen LogP contribution is 2.41. The van der Waals surface area contributed by atoms with Gasteiger partial charge >= 0.3 is 5.97 Å². The third-order valence-electron chi connectivity index (χ3n) is 6.63. The Labute approximate surface area is 248 Å². The summed E-state index contributed by atoms with van der Waals surface area (Å²) in [6.07, 6.45) is 8.22. The maximum absolute atomic E-state index is 13.8. The zero-order valence-corrected chi connectivity index (χ0v) is 25.7. The molecule has 9 heteroatoms. The Morgan fingerprint density at radius 3 is 2.59 bits per heavy atom. The average Bonchev–Trinajstić information content (AvgIpc) is 3.23. The lowest BCUT2D eigenvalue weighted by Gasteiger charge is -2.30. The molecule has 0 aromatic heterocycles. The fourth-order valence-corrected chi connectivity index (χ4v) is 6.64. The molecule has 0 bridgehead atoms. The molecule has 1 aliphatic heterocycles. The molecule has 2 aromatic rings. The number of aliphatic imine (C=N–C) groups is 1. The molecule has 2 aliphatic rings. The second-order valence-electron chi connectivity index (χ2n) is 9.31. The number of nitrogens with zero attached hydrogens (tertiary/aromatic N) is 2. The van der Waals surface area contributed by atoms with Crippen molar-refractivity contribution >= 4 is 63.2 Å². The van der Waals surface area contributed by atoms with Crippen molar-refractivity contribution in [2.24, 2.45) is 4.99 Å². The van der Waals surface area contributed by atoms with Crippen LogP contribution in [0.4, 0.5) is 5.69 Å². The van der Waals surface area contributed by atoms with E-state index in [1.807, 2.05) is 48.2 Å². The van der Waals surface area contributed by atoms with E-state index in [4.69, 9.17) is 19.2 Å². The Kier molecular flexibility index (Phi) is 10.7. The normalized spacial score (nSPS) is 18.2. The highest BCUT2D eigenvalue weighted by molar-refractivity contribution is 14.1. The quantitative estimate of drug-likeness (QED) is 0.153. The third-order valence-corrected chi connectivity index (χ3v) is 8.42. The van der Waals surface area contributed by atoms with Crippen LogP contribution in [0.3, 0.4) is 0 Å². The standard InChI is InChI=1S/C30H35IN2O5S/c1-4-21-12-10-11-15-24(21)32-30-33(22-13-8-7-9-14-22)29(35)26(39-30)18-20-16-23(31)28(25(17-20)36-5-2)38-19-27(34)37-6-3/h10-12,15-18,22H,4-9,13-14,19H2,1-3H3/b26-18+,32-30?. The van der Waals surface area contributed by atoms with Gasteiger partial charge in [-0.25, -0.2) is 9.79 Å². The Bertz CT molecular complexity index is 1260. The molecule has 1 heterocycles. The minimum absolute atomic E-state index is 0.00441. The van der Waals surface area contributed by atoms with Crippen molar-refractivity contribution < 1.29 is 23.8 Å². The number of halogens is 1. The van der Waals surface area contributed by atoms with E-state index in [1.54, 1.807) is 6.92 Å². The first kappa shape index (κ1) is 29.5. The summed E-state index contributed by atoms with van der Waals surface area (Å²) in [5, 5.41) is 0.744. The van der Waals surface area contributed by atoms with Crippen molar-refractivity contribution in [2.45, 2.75) is 65.3 Å². The second-order valence-corrected chi connectivity index (χ2v) is 11.5. The number of carbonyl (C=O) groups is 2. The molecule has 0 atom stereocenters. The predicted octanol–water partition coefficient (Wildman–Crippen LogP) is 7.13. The Balaban J connectivity index is 1.68. The third kappa shape index (κ3) is 7.36. The van der Waals surface area contributed by atoms with Crippen LogP contribution in [0.15, 0.2) is 46.3 Å². The molecule has 0 N–H and O–H groups in total. The van der Waals surface area contributed by atoms with Gasteiger partial charge in [0, 0.05) is 6.04 Å². The monoisotopic (exact) mass is 662 g/mol. The number of hydrogen-bond donors (Lipinski definition) is 0. The smallest absolute Gasteiger partial charge is 0.344 e. The number of hydrogen-bond acceptors (Lipinski definition) is 7. The van der Waals surface area contributed by atoms with Gasteiger partial charge < -0.3 is 14.2 Å². The minimum Gasteiger partial charge on any atom is -0.490 e. The number of rotatable bonds is 10. The van der Waals surface area contributed by atoms with Crippen LogP contribution in [0.5, 0.6) is 11.5 Å². The summed E-state index contributed by atoms with van der Waals surface area (Å²) in [4.78, 5) is 33.2. The molecule has 2 aromatic carbocycles. The highest BCUT2D eigenvalue weighted by Gasteiger charge is 2.38. The van der Waals surface area contributed by atoms with Gasteiger partial charge in [0.1, 0.15) is 0 Å². The molecule has 1 amide bonds. The topological polar surface area (TPSA) is 77.4 Å². The summed E-state index contributed by atoms with van der Waals surface area (Å²) in [5.74, 6) is 0.565. The maximum atomic E-state index is 13.8. The van der Waals surface area contributed by atoms with Crippen LogP contribution in [0, 0.1) is 3.57 Å². The molecule has 0 unspecified atom stereocenters. The number of carbonyl (C=O) groups excluding carboxylic acids is 2. The fourth-order valence-electron chi connectivity index (χ4n) is 4.81. The lowest BCUT2D eigenvalue weighted by molar-refractivity contribution is -0.145. The number of para-hydroxylation sites is 1. The van der Waals surface area contributed by atoms with Crippen molar-refractivity contribution in [2.75, 3.05) is 19.8 Å². The van der Waals surface area contributed by atoms with Gasteiger partial charge in [0.25, 0.3) is 5.91 Å². The van der Waals surface area contributed by atoms with Gasteiger partial charge in [-0.3, -0.25) is 9.69 Å². The van der Waals surface area contributed by atoms with Crippen LogP contribution in [0.1, 0.15) is 64.0 Å². The van der Waals surface area contributed by atoms with E-state index < -0.39 is 5.97 Å². The number of aryl methyl sites for hydroxylation is 1. The van der Waals surface area contributed by atoms with E-state index in [1.165, 1.54) is 18.2 Å². The molecule has 7 nitrogen and oxygen atoms in total. The van der Waals surface area contributed by atoms with Crippen LogP contribution in [0.2, 0.25) is 0 Å². The SMILES string of the molecule is CCOC(=O)COc1c(I)cc(/C=C2/SC(=Nc3ccccc3CC)N(C3CCCCC3)C2=O)cc1OCC. The molecule has 39 heavy (non-hydrogen) atoms. The Morgan fingerprint density at radius 1 is 1.10 bits per heavy atom. The van der Waals surface area contributed by atoms with Gasteiger partial charge in [-0.1, -0.05) is 44.4 Å². The van der Waals surface area contributed by atoms with E-state index in [2.05, 4.69) is 35.6 Å². The molecule has 0 spiro atoms. The summed E-state index contributed by atoms with van der Waals surface area (Å²) in [6, 6.07) is 12.1. The number of amides is 1. The molecular weight excluding hydrogens is 627 g/mol. The first-order valence-corrected chi connectivity index (χ1v) is 15.5. The van der Waals surface area contributed by atoms with Crippen LogP contribution < -0.4 is 9.47 Å². The molecule has 1 saturated carbocycles. The van der Waals surface area contributed by atoms with Gasteiger partial charge in [0.15, 0.2) is 23.3 Å².